The van der Waals surface area contributed by atoms with Gasteiger partial charge in [0.25, 0.3) is 11.6 Å². The van der Waals surface area contributed by atoms with Crippen LogP contribution >= 0.6 is 0 Å². The van der Waals surface area contributed by atoms with Crippen LogP contribution in [0.15, 0.2) is 132 Å². The zero-order valence-corrected chi connectivity index (χ0v) is 42.0. The van der Waals surface area contributed by atoms with E-state index in [2.05, 4.69) is 25.8 Å². The molecule has 5 N–H and O–H groups in total. The minimum Gasteiger partial charge on any atom is -0.874 e. The molecule has 23 nitrogen and oxygen atoms in total. The number of fused-ring (bicyclic) bond motifs is 1. The maximum atomic E-state index is 12.8. The zero-order valence-electron chi connectivity index (χ0n) is 32.2. The first kappa shape index (κ1) is 58.4. The number of hydrogen-bond donors (Lipinski definition) is 3. The van der Waals surface area contributed by atoms with Crippen LogP contribution < -0.4 is 125 Å². The second-order valence-electron chi connectivity index (χ2n) is 11.2. The molecule has 5 aromatic rings. The number of primary sulfonamides is 1. The molecular formula is C32H22CrN8Na3O15S3. The summed E-state index contributed by atoms with van der Waals surface area (Å²) in [4.78, 5) is 19.4. The minimum atomic E-state index is -5.46. The Morgan fingerprint density at radius 3 is 1.85 bits per heavy atom. The summed E-state index contributed by atoms with van der Waals surface area (Å²) >= 11 is 0. The maximum absolute atomic E-state index is 12.8. The summed E-state index contributed by atoms with van der Waals surface area (Å²) in [6, 6.07) is 15.7. The van der Waals surface area contributed by atoms with E-state index >= 15 is 0 Å². The van der Waals surface area contributed by atoms with Crippen LogP contribution in [0.25, 0.3) is 10.8 Å². The second kappa shape index (κ2) is 23.9. The van der Waals surface area contributed by atoms with Crippen LogP contribution in [-0.2, 0) is 52.4 Å². The zero-order chi connectivity index (χ0) is 43.3. The number of nitrogens with one attached hydrogen (secondary N) is 1. The minimum absolute atomic E-state index is 0. The van der Waals surface area contributed by atoms with E-state index in [9.17, 15) is 69.7 Å². The molecule has 1 amide bonds. The van der Waals surface area contributed by atoms with Gasteiger partial charge in [-0.2, -0.15) is 10.2 Å². The first-order chi connectivity index (χ1) is 26.9. The van der Waals surface area contributed by atoms with Crippen molar-refractivity contribution in [3.8, 4) is 17.2 Å². The van der Waals surface area contributed by atoms with E-state index in [0.29, 0.717) is 17.8 Å². The molecule has 0 aliphatic heterocycles. The molecule has 0 saturated carbocycles. The number of carbonyl (C=O) groups is 1. The van der Waals surface area contributed by atoms with Gasteiger partial charge in [0.15, 0.2) is 0 Å². The smallest absolute Gasteiger partial charge is 0.874 e. The molecule has 1 radical (unpaired) electrons. The molecule has 5 aromatic carbocycles. The van der Waals surface area contributed by atoms with Gasteiger partial charge in [0.2, 0.25) is 10.0 Å². The number of carbonyl (C=O) groups excluding carboxylic acids is 1. The van der Waals surface area contributed by atoms with Crippen LogP contribution in [-0.4, -0.2) is 45.2 Å². The number of sulfonamides is 1. The van der Waals surface area contributed by atoms with E-state index in [1.165, 1.54) is 0 Å². The van der Waals surface area contributed by atoms with E-state index < -0.39 is 107 Å². The van der Waals surface area contributed by atoms with Crippen LogP contribution in [0.5, 0.6) is 17.2 Å². The van der Waals surface area contributed by atoms with Gasteiger partial charge in [0.05, 0.1) is 36.7 Å². The van der Waals surface area contributed by atoms with Gasteiger partial charge in [-0.15, -0.1) is 16.0 Å². The molecule has 0 spiro atoms. The average Bonchev–Trinajstić information content (AvgIpc) is 3.11. The molecule has 0 fully saturated rings. The summed E-state index contributed by atoms with van der Waals surface area (Å²) in [7, 11) is -14.7. The number of benzene rings is 5. The number of allylic oxidation sites excluding steroid dienone is 1. The Morgan fingerprint density at radius 2 is 1.34 bits per heavy atom. The third kappa shape index (κ3) is 15.0. The van der Waals surface area contributed by atoms with Gasteiger partial charge < -0.3 is 40.6 Å². The monoisotopic (exact) mass is 975 g/mol. The Bertz CT molecular complexity index is 2930. The summed E-state index contributed by atoms with van der Waals surface area (Å²) in [6.45, 7) is 1.11. The van der Waals surface area contributed by atoms with Crippen LogP contribution in [0, 0.1) is 10.1 Å². The van der Waals surface area contributed by atoms with Gasteiger partial charge in [0.1, 0.15) is 25.9 Å². The normalized spacial score (nSPS) is 11.7. The number of nitrogens with two attached hydrogens (primary N) is 2. The summed E-state index contributed by atoms with van der Waals surface area (Å²) in [6.07, 6.45) is 0. The van der Waals surface area contributed by atoms with Crippen molar-refractivity contribution in [2.45, 2.75) is 21.6 Å². The van der Waals surface area contributed by atoms with Gasteiger partial charge in [-0.05, 0) is 48.5 Å². The molecule has 0 atom stereocenters. The number of non-ortho nitro benzene ring substituents is 1. The summed E-state index contributed by atoms with van der Waals surface area (Å²) in [5.41, 5.74) is 2.63. The average molecular weight is 976 g/mol. The number of para-hydroxylation sites is 1. The topological polar surface area (TPSA) is 414 Å². The van der Waals surface area contributed by atoms with Crippen molar-refractivity contribution in [2.24, 2.45) is 25.6 Å². The fourth-order valence-corrected chi connectivity index (χ4v) is 6.42. The fourth-order valence-electron chi connectivity index (χ4n) is 4.59. The predicted octanol–water partition coefficient (Wildman–Crippen LogP) is -7.57. The van der Waals surface area contributed by atoms with Crippen molar-refractivity contribution in [2.75, 3.05) is 11.1 Å². The number of amides is 1. The number of nitro groups is 1. The first-order valence-electron chi connectivity index (χ1n) is 15.2. The van der Waals surface area contributed by atoms with Crippen LogP contribution in [0.2, 0.25) is 0 Å². The standard InChI is InChI=1S/C16H12N4O10S2.C16H16N4O5S.Cr.3Na/c17-9-2-4-12(31(25,26)27)8-6-13(32(28,29)30)15(16(22)14(8)9)19-18-10-3-1-7(20(23)24)5-11(10)21;1-10(21)15(16(23)18-11-5-3-2-4-6-11)20-19-13-9-12(26(17,24)25)7-8-14(13)22;;;;/h1-6,21-22H,17H2,(H,25,26,27)(H,28,29,30);2-9,21-22H,1H3,(H,18,23)(H2,17,24,25);;;;/q;;+3;3*+1/p-6. The van der Waals surface area contributed by atoms with Gasteiger partial charge in [-0.3, -0.25) is 14.9 Å². The van der Waals surface area contributed by atoms with Crippen LogP contribution in [0.1, 0.15) is 6.92 Å². The number of nitrogen functional groups attached to an aromatic ring is 1. The van der Waals surface area contributed by atoms with E-state index in [0.717, 1.165) is 49.4 Å². The third-order valence-corrected chi connectivity index (χ3v) is 9.89. The molecule has 30 heteroatoms. The number of azo groups is 2. The van der Waals surface area contributed by atoms with E-state index in [1.807, 2.05) is 0 Å². The molecule has 62 heavy (non-hydrogen) atoms. The number of hydrogen-bond acceptors (Lipinski definition) is 20. The van der Waals surface area contributed by atoms with Crippen molar-refractivity contribution in [1.82, 2.24) is 0 Å². The SMILES string of the molecule is CC([O-])=C(N=Nc1cc(S(N)(=O)=O)ccc1[O-])C(=O)Nc1ccccc1.Nc1ccc(S(=O)(=O)[O-])c2cc(S(=O)(=O)[O-])c(N=Nc3ccc([N+](=O)[O-])cc3[O-])c([O-])c12.[Cr+3].[Na+].[Na+].[Na+]. The molecule has 0 aliphatic rings. The van der Waals surface area contributed by atoms with Gasteiger partial charge in [-0.1, -0.05) is 48.4 Å². The second-order valence-corrected chi connectivity index (χ2v) is 15.5. The molecule has 0 aromatic heterocycles. The number of nitrogens with zero attached hydrogens (tertiary/aromatic N) is 5. The maximum Gasteiger partial charge on any atom is 3.00 e. The number of rotatable bonds is 10. The van der Waals surface area contributed by atoms with Gasteiger partial charge in [0, 0.05) is 34.3 Å². The largest absolute Gasteiger partial charge is 3.00 e. The summed E-state index contributed by atoms with van der Waals surface area (Å²) in [5.74, 6) is -4.49. The molecule has 0 aliphatic carbocycles. The Labute approximate surface area is 428 Å². The molecule has 0 unspecified atom stereocenters. The van der Waals surface area contributed by atoms with Crippen molar-refractivity contribution in [1.29, 1.82) is 0 Å². The molecule has 5 rings (SSSR count). The van der Waals surface area contributed by atoms with Gasteiger partial charge in [-0.25, -0.2) is 30.4 Å². The Kier molecular flexibility index (Phi) is 22.5. The molecule has 307 valence electrons. The summed E-state index contributed by atoms with van der Waals surface area (Å²) < 4.78 is 92.2. The van der Waals surface area contributed by atoms with Gasteiger partial charge >= 0.3 is 106 Å². The van der Waals surface area contributed by atoms with Crippen molar-refractivity contribution in [3.05, 3.63) is 106 Å². The molecule has 0 heterocycles. The molecular weight excluding hydrogens is 954 g/mol. The molecule has 0 bridgehead atoms. The van der Waals surface area contributed by atoms with E-state index in [4.69, 9.17) is 10.9 Å². The number of anilines is 2. The van der Waals surface area contributed by atoms with E-state index in [-0.39, 0.29) is 122 Å². The Hall–Kier alpha value is -3.57. The Morgan fingerprint density at radius 1 is 0.742 bits per heavy atom. The number of nitro benzene ring substituents is 1. The van der Waals surface area contributed by atoms with Crippen molar-refractivity contribution in [3.63, 3.8) is 0 Å². The van der Waals surface area contributed by atoms with E-state index in [1.54, 1.807) is 30.3 Å². The third-order valence-electron chi connectivity index (χ3n) is 7.24. The van der Waals surface area contributed by atoms with Crippen LogP contribution in [0.3, 0.4) is 0 Å². The van der Waals surface area contributed by atoms with Crippen molar-refractivity contribution < 1.29 is 171 Å². The van der Waals surface area contributed by atoms with Crippen LogP contribution in [0.4, 0.5) is 34.1 Å². The quantitative estimate of drug-likeness (QED) is 0.0171. The predicted molar refractivity (Wildman–Crippen MR) is 190 cm³/mol. The Balaban J connectivity index is 0.00000115. The fraction of sp³-hybridized carbons (Fsp3) is 0.0312. The first-order valence-corrected chi connectivity index (χ1v) is 19.6. The van der Waals surface area contributed by atoms with Crippen molar-refractivity contribution >= 4 is 81.1 Å². The summed E-state index contributed by atoms with van der Waals surface area (Å²) in [5, 5.41) is 78.8. The molecule has 0 saturated heterocycles.